The summed E-state index contributed by atoms with van der Waals surface area (Å²) in [5.41, 5.74) is 10.5. The number of likely N-dealkylation sites (tertiary alicyclic amines) is 1. The standard InChI is InChI=1S/C27H34N6O/c1-20-9-14-30-17-22(20)19-33(24-5-3-12-29-18-24)23-10-15-32(16-11-23)21(2)7-8-26-25(27(28)34)6-4-13-31-26/h3-6,9,12-14,17-18,21,23H,7-8,10-11,15-16,19H2,1-2H3,(H2,28,34)/t21-/m1/s1. The molecule has 178 valence electrons. The van der Waals surface area contributed by atoms with Gasteiger partial charge in [0.15, 0.2) is 0 Å². The third-order valence-corrected chi connectivity index (χ3v) is 6.98. The number of pyridine rings is 3. The molecule has 3 aromatic rings. The van der Waals surface area contributed by atoms with Gasteiger partial charge in [-0.1, -0.05) is 0 Å². The van der Waals surface area contributed by atoms with Crippen LogP contribution in [-0.4, -0.2) is 50.9 Å². The molecule has 0 spiro atoms. The van der Waals surface area contributed by atoms with Crippen molar-refractivity contribution in [1.29, 1.82) is 0 Å². The van der Waals surface area contributed by atoms with Crippen LogP contribution in [0.1, 0.15) is 53.4 Å². The van der Waals surface area contributed by atoms with E-state index in [1.165, 1.54) is 11.1 Å². The maximum atomic E-state index is 11.7. The smallest absolute Gasteiger partial charge is 0.250 e. The molecule has 4 heterocycles. The first-order valence-electron chi connectivity index (χ1n) is 12.1. The number of piperidine rings is 1. The summed E-state index contributed by atoms with van der Waals surface area (Å²) < 4.78 is 0. The molecule has 34 heavy (non-hydrogen) atoms. The summed E-state index contributed by atoms with van der Waals surface area (Å²) in [7, 11) is 0. The highest BCUT2D eigenvalue weighted by molar-refractivity contribution is 5.93. The summed E-state index contributed by atoms with van der Waals surface area (Å²) in [5.74, 6) is -0.407. The van der Waals surface area contributed by atoms with Gasteiger partial charge in [0.05, 0.1) is 23.1 Å². The Hall–Kier alpha value is -3.32. The molecule has 0 bridgehead atoms. The number of nitrogens with zero attached hydrogens (tertiary/aromatic N) is 5. The molecule has 4 rings (SSSR count). The molecule has 0 aliphatic carbocycles. The zero-order valence-electron chi connectivity index (χ0n) is 20.1. The largest absolute Gasteiger partial charge is 0.366 e. The van der Waals surface area contributed by atoms with Gasteiger partial charge in [-0.15, -0.1) is 0 Å². The van der Waals surface area contributed by atoms with Gasteiger partial charge in [0.1, 0.15) is 0 Å². The third kappa shape index (κ3) is 5.78. The molecule has 1 fully saturated rings. The molecule has 3 aromatic heterocycles. The number of carbonyl (C=O) groups is 1. The molecule has 1 atom stereocenters. The van der Waals surface area contributed by atoms with Crippen LogP contribution in [0, 0.1) is 6.92 Å². The van der Waals surface area contributed by atoms with Gasteiger partial charge in [0.2, 0.25) is 0 Å². The molecule has 1 aliphatic rings. The molecule has 0 saturated carbocycles. The van der Waals surface area contributed by atoms with E-state index in [4.69, 9.17) is 5.73 Å². The quantitative estimate of drug-likeness (QED) is 0.525. The Kier molecular flexibility index (Phi) is 7.85. The number of hydrogen-bond acceptors (Lipinski definition) is 6. The Morgan fingerprint density at radius 3 is 2.59 bits per heavy atom. The summed E-state index contributed by atoms with van der Waals surface area (Å²) >= 11 is 0. The molecule has 1 aliphatic heterocycles. The van der Waals surface area contributed by atoms with Gasteiger partial charge in [0, 0.05) is 56.5 Å². The van der Waals surface area contributed by atoms with E-state index in [1.54, 1.807) is 18.3 Å². The van der Waals surface area contributed by atoms with Crippen LogP contribution in [0.5, 0.6) is 0 Å². The van der Waals surface area contributed by atoms with Crippen LogP contribution < -0.4 is 10.6 Å². The molecule has 0 unspecified atom stereocenters. The number of nitrogens with two attached hydrogens (primary N) is 1. The van der Waals surface area contributed by atoms with Crippen LogP contribution in [0.15, 0.2) is 61.3 Å². The minimum atomic E-state index is -0.407. The molecule has 0 aromatic carbocycles. The van der Waals surface area contributed by atoms with E-state index < -0.39 is 5.91 Å². The zero-order valence-corrected chi connectivity index (χ0v) is 20.1. The van der Waals surface area contributed by atoms with Crippen LogP contribution in [-0.2, 0) is 13.0 Å². The second-order valence-electron chi connectivity index (χ2n) is 9.16. The number of primary amides is 1. The van der Waals surface area contributed by atoms with Gasteiger partial charge >= 0.3 is 0 Å². The summed E-state index contributed by atoms with van der Waals surface area (Å²) in [5, 5.41) is 0. The van der Waals surface area contributed by atoms with E-state index >= 15 is 0 Å². The number of aromatic nitrogens is 3. The second-order valence-corrected chi connectivity index (χ2v) is 9.16. The normalized spacial score (nSPS) is 15.7. The SMILES string of the molecule is Cc1ccncc1CN(c1cccnc1)C1CCN([C@H](C)CCc2ncccc2C(N)=O)CC1. The lowest BCUT2D eigenvalue weighted by atomic mass is 9.98. The van der Waals surface area contributed by atoms with Crippen LogP contribution >= 0.6 is 0 Å². The van der Waals surface area contributed by atoms with Gasteiger partial charge in [-0.2, -0.15) is 0 Å². The Labute approximate surface area is 202 Å². The topological polar surface area (TPSA) is 88.2 Å². The molecule has 7 heteroatoms. The van der Waals surface area contributed by atoms with Gasteiger partial charge in [-0.05, 0) is 81.0 Å². The van der Waals surface area contributed by atoms with E-state index in [-0.39, 0.29) is 0 Å². The predicted molar refractivity (Wildman–Crippen MR) is 135 cm³/mol. The van der Waals surface area contributed by atoms with Crippen molar-refractivity contribution < 1.29 is 4.79 Å². The van der Waals surface area contributed by atoms with E-state index in [9.17, 15) is 4.79 Å². The van der Waals surface area contributed by atoms with Crippen molar-refractivity contribution in [1.82, 2.24) is 19.9 Å². The maximum absolute atomic E-state index is 11.7. The fourth-order valence-electron chi connectivity index (χ4n) is 4.83. The van der Waals surface area contributed by atoms with Crippen LogP contribution in [0.4, 0.5) is 5.69 Å². The molecular formula is C27H34N6O. The highest BCUT2D eigenvalue weighted by Gasteiger charge is 2.28. The summed E-state index contributed by atoms with van der Waals surface area (Å²) in [6.07, 6.45) is 13.2. The van der Waals surface area contributed by atoms with Gasteiger partial charge in [-0.25, -0.2) is 0 Å². The number of carbonyl (C=O) groups excluding carboxylic acids is 1. The third-order valence-electron chi connectivity index (χ3n) is 6.98. The molecular weight excluding hydrogens is 424 g/mol. The average Bonchev–Trinajstić information content (AvgIpc) is 2.87. The zero-order chi connectivity index (χ0) is 23.9. The van der Waals surface area contributed by atoms with Crippen molar-refractivity contribution in [2.24, 2.45) is 5.73 Å². The van der Waals surface area contributed by atoms with Crippen molar-refractivity contribution in [2.45, 2.75) is 58.2 Å². The molecule has 0 radical (unpaired) electrons. The van der Waals surface area contributed by atoms with E-state index in [0.717, 1.165) is 56.7 Å². The number of rotatable bonds is 9. The molecule has 2 N–H and O–H groups in total. The Morgan fingerprint density at radius 1 is 1.12 bits per heavy atom. The Balaban J connectivity index is 1.38. The average molecular weight is 459 g/mol. The molecule has 1 saturated heterocycles. The number of anilines is 1. The first kappa shape index (κ1) is 23.8. The van der Waals surface area contributed by atoms with Crippen molar-refractivity contribution in [2.75, 3.05) is 18.0 Å². The monoisotopic (exact) mass is 458 g/mol. The second kappa shape index (κ2) is 11.2. The number of amides is 1. The highest BCUT2D eigenvalue weighted by Crippen LogP contribution is 2.27. The summed E-state index contributed by atoms with van der Waals surface area (Å²) in [6, 6.07) is 10.6. The summed E-state index contributed by atoms with van der Waals surface area (Å²) in [4.78, 5) is 29.9. The summed E-state index contributed by atoms with van der Waals surface area (Å²) in [6.45, 7) is 7.33. The minimum Gasteiger partial charge on any atom is -0.366 e. The molecule has 7 nitrogen and oxygen atoms in total. The van der Waals surface area contributed by atoms with Gasteiger partial charge < -0.3 is 15.5 Å². The van der Waals surface area contributed by atoms with Crippen LogP contribution in [0.2, 0.25) is 0 Å². The molecule has 1 amide bonds. The fraction of sp³-hybridized carbons (Fsp3) is 0.407. The van der Waals surface area contributed by atoms with Crippen LogP contribution in [0.3, 0.4) is 0 Å². The van der Waals surface area contributed by atoms with E-state index in [2.05, 4.69) is 50.7 Å². The minimum absolute atomic E-state index is 0.407. The number of hydrogen-bond donors (Lipinski definition) is 1. The fourth-order valence-corrected chi connectivity index (χ4v) is 4.83. The number of aryl methyl sites for hydroxylation is 2. The lowest BCUT2D eigenvalue weighted by Crippen LogP contribution is -2.47. The first-order valence-corrected chi connectivity index (χ1v) is 12.1. The highest BCUT2D eigenvalue weighted by atomic mass is 16.1. The Morgan fingerprint density at radius 2 is 1.88 bits per heavy atom. The van der Waals surface area contributed by atoms with E-state index in [0.29, 0.717) is 17.6 Å². The van der Waals surface area contributed by atoms with Crippen molar-refractivity contribution in [3.8, 4) is 0 Å². The predicted octanol–water partition coefficient (Wildman–Crippen LogP) is 3.77. The van der Waals surface area contributed by atoms with Gasteiger partial charge in [-0.3, -0.25) is 19.7 Å². The van der Waals surface area contributed by atoms with Crippen molar-refractivity contribution in [3.63, 3.8) is 0 Å². The van der Waals surface area contributed by atoms with Gasteiger partial charge in [0.25, 0.3) is 5.91 Å². The maximum Gasteiger partial charge on any atom is 0.250 e. The first-order chi connectivity index (χ1) is 16.5. The lowest BCUT2D eigenvalue weighted by molar-refractivity contribution is 0.0998. The van der Waals surface area contributed by atoms with E-state index in [1.807, 2.05) is 30.9 Å². The Bertz CT molecular complexity index is 1080. The van der Waals surface area contributed by atoms with Crippen molar-refractivity contribution >= 4 is 11.6 Å². The lowest BCUT2D eigenvalue weighted by Gasteiger charge is -2.42. The van der Waals surface area contributed by atoms with Crippen molar-refractivity contribution in [3.05, 3.63) is 83.7 Å². The van der Waals surface area contributed by atoms with Crippen LogP contribution in [0.25, 0.3) is 0 Å².